The van der Waals surface area contributed by atoms with Gasteiger partial charge in [0.15, 0.2) is 0 Å². The van der Waals surface area contributed by atoms with Gasteiger partial charge in [-0.25, -0.2) is 0 Å². The summed E-state index contributed by atoms with van der Waals surface area (Å²) in [5, 5.41) is 10.4. The molecule has 0 atom stereocenters. The van der Waals surface area contributed by atoms with Gasteiger partial charge in [0.1, 0.15) is 0 Å². The van der Waals surface area contributed by atoms with Gasteiger partial charge in [0.05, 0.1) is 6.54 Å². The van der Waals surface area contributed by atoms with Gasteiger partial charge in [-0.15, -0.1) is 0 Å². The van der Waals surface area contributed by atoms with Crippen LogP contribution in [0.4, 0.5) is 0 Å². The molecule has 3 amide bonds. The fourth-order valence-corrected chi connectivity index (χ4v) is 1.07. The van der Waals surface area contributed by atoms with Crippen molar-refractivity contribution >= 4 is 17.7 Å². The van der Waals surface area contributed by atoms with Crippen molar-refractivity contribution in [2.75, 3.05) is 32.7 Å². The molecule has 2 fully saturated rings. The Morgan fingerprint density at radius 2 is 1.27 bits per heavy atom. The topological polar surface area (TPSA) is 99.3 Å². The van der Waals surface area contributed by atoms with Crippen LogP contribution in [0.25, 0.3) is 0 Å². The second-order valence-corrected chi connectivity index (χ2v) is 3.04. The highest BCUT2D eigenvalue weighted by atomic mass is 16.2. The Labute approximate surface area is 87.0 Å². The quantitative estimate of drug-likeness (QED) is 0.322. The van der Waals surface area contributed by atoms with Gasteiger partial charge in [-0.1, -0.05) is 0 Å². The summed E-state index contributed by atoms with van der Waals surface area (Å²) in [6.07, 6.45) is 0. The minimum Gasteiger partial charge on any atom is -0.354 e. The van der Waals surface area contributed by atoms with Crippen molar-refractivity contribution < 1.29 is 14.4 Å². The highest BCUT2D eigenvalue weighted by Crippen LogP contribution is 1.73. The molecule has 0 bridgehead atoms. The number of hydrogen-bond donors (Lipinski definition) is 4. The summed E-state index contributed by atoms with van der Waals surface area (Å²) in [4.78, 5) is 30.8. The third-order valence-corrected chi connectivity index (χ3v) is 1.81. The number of piperazine rings is 2. The summed E-state index contributed by atoms with van der Waals surface area (Å²) < 4.78 is 0. The molecule has 0 saturated carbocycles. The number of carbonyl (C=O) groups is 3. The second-order valence-electron chi connectivity index (χ2n) is 3.04. The Morgan fingerprint density at radius 1 is 0.733 bits per heavy atom. The van der Waals surface area contributed by atoms with Crippen molar-refractivity contribution in [1.82, 2.24) is 21.3 Å². The summed E-state index contributed by atoms with van der Waals surface area (Å²) in [6, 6.07) is 0. The zero-order chi connectivity index (χ0) is 11.1. The van der Waals surface area contributed by atoms with Crippen LogP contribution < -0.4 is 21.3 Å². The van der Waals surface area contributed by atoms with Crippen LogP contribution in [0.2, 0.25) is 0 Å². The van der Waals surface area contributed by atoms with E-state index in [1.807, 2.05) is 0 Å². The molecular weight excluding hydrogens is 200 g/mol. The Hall–Kier alpha value is -1.63. The van der Waals surface area contributed by atoms with Gasteiger partial charge in [-0.2, -0.15) is 0 Å². The van der Waals surface area contributed by atoms with E-state index in [0.717, 1.165) is 13.1 Å². The van der Waals surface area contributed by atoms with Crippen LogP contribution in [0.3, 0.4) is 0 Å². The zero-order valence-electron chi connectivity index (χ0n) is 8.26. The SMILES string of the molecule is O=C1CNCCN1.O=C1NCCNC1=O. The van der Waals surface area contributed by atoms with Crippen LogP contribution in [0.15, 0.2) is 0 Å². The van der Waals surface area contributed by atoms with E-state index in [4.69, 9.17) is 0 Å². The molecule has 15 heavy (non-hydrogen) atoms. The molecule has 4 N–H and O–H groups in total. The van der Waals surface area contributed by atoms with E-state index in [2.05, 4.69) is 21.3 Å². The molecule has 2 heterocycles. The molecule has 0 aromatic rings. The molecular formula is C8H14N4O3. The molecule has 2 saturated heterocycles. The predicted molar refractivity (Wildman–Crippen MR) is 51.9 cm³/mol. The van der Waals surface area contributed by atoms with Crippen LogP contribution in [0.5, 0.6) is 0 Å². The van der Waals surface area contributed by atoms with Crippen molar-refractivity contribution in [3.63, 3.8) is 0 Å². The molecule has 0 spiro atoms. The maximum absolute atomic E-state index is 10.3. The molecule has 7 nitrogen and oxygen atoms in total. The van der Waals surface area contributed by atoms with E-state index in [-0.39, 0.29) is 5.91 Å². The Kier molecular flexibility index (Phi) is 4.55. The first-order chi connectivity index (χ1) is 7.20. The largest absolute Gasteiger partial charge is 0.354 e. The lowest BCUT2D eigenvalue weighted by Crippen LogP contribution is -2.49. The van der Waals surface area contributed by atoms with Gasteiger partial charge >= 0.3 is 11.8 Å². The Morgan fingerprint density at radius 3 is 1.53 bits per heavy atom. The van der Waals surface area contributed by atoms with Gasteiger partial charge in [-0.05, 0) is 0 Å². The first kappa shape index (κ1) is 11.4. The maximum Gasteiger partial charge on any atom is 0.309 e. The van der Waals surface area contributed by atoms with E-state index < -0.39 is 11.8 Å². The molecule has 0 aromatic carbocycles. The van der Waals surface area contributed by atoms with Crippen molar-refractivity contribution in [3.8, 4) is 0 Å². The van der Waals surface area contributed by atoms with Gasteiger partial charge in [-0.3, -0.25) is 14.4 Å². The fraction of sp³-hybridized carbons (Fsp3) is 0.625. The normalized spacial score (nSPS) is 20.4. The number of nitrogens with one attached hydrogen (secondary N) is 4. The van der Waals surface area contributed by atoms with Crippen LogP contribution in [-0.4, -0.2) is 50.4 Å². The van der Waals surface area contributed by atoms with Crippen molar-refractivity contribution in [2.45, 2.75) is 0 Å². The second kappa shape index (κ2) is 5.97. The van der Waals surface area contributed by atoms with Gasteiger partial charge in [0.2, 0.25) is 5.91 Å². The third-order valence-electron chi connectivity index (χ3n) is 1.81. The van der Waals surface area contributed by atoms with Crippen LogP contribution in [-0.2, 0) is 14.4 Å². The monoisotopic (exact) mass is 214 g/mol. The average Bonchev–Trinajstić information content (AvgIpc) is 2.25. The first-order valence-electron chi connectivity index (χ1n) is 4.73. The smallest absolute Gasteiger partial charge is 0.309 e. The summed E-state index contributed by atoms with van der Waals surface area (Å²) in [5.41, 5.74) is 0. The summed E-state index contributed by atoms with van der Waals surface area (Å²) in [5.74, 6) is -0.959. The molecule has 84 valence electrons. The Bertz CT molecular complexity index is 243. The minimum absolute atomic E-state index is 0.103. The first-order valence-corrected chi connectivity index (χ1v) is 4.73. The average molecular weight is 214 g/mol. The third kappa shape index (κ3) is 4.41. The fourth-order valence-electron chi connectivity index (χ4n) is 1.07. The molecule has 0 aromatic heterocycles. The van der Waals surface area contributed by atoms with Gasteiger partial charge in [0, 0.05) is 26.2 Å². The van der Waals surface area contributed by atoms with E-state index in [9.17, 15) is 14.4 Å². The molecule has 2 aliphatic heterocycles. The molecule has 0 unspecified atom stereocenters. The van der Waals surface area contributed by atoms with Crippen molar-refractivity contribution in [2.24, 2.45) is 0 Å². The summed E-state index contributed by atoms with van der Waals surface area (Å²) in [7, 11) is 0. The van der Waals surface area contributed by atoms with Gasteiger partial charge < -0.3 is 21.3 Å². The van der Waals surface area contributed by atoms with Crippen LogP contribution in [0.1, 0.15) is 0 Å². The number of rotatable bonds is 0. The lowest BCUT2D eigenvalue weighted by Gasteiger charge is -2.11. The summed E-state index contributed by atoms with van der Waals surface area (Å²) in [6.45, 7) is 3.26. The molecule has 2 rings (SSSR count). The lowest BCUT2D eigenvalue weighted by atomic mass is 10.4. The van der Waals surface area contributed by atoms with Crippen molar-refractivity contribution in [1.29, 1.82) is 0 Å². The van der Waals surface area contributed by atoms with E-state index >= 15 is 0 Å². The molecule has 2 aliphatic rings. The maximum atomic E-state index is 10.3. The number of hydrogen-bond acceptors (Lipinski definition) is 4. The lowest BCUT2D eigenvalue weighted by molar-refractivity contribution is -0.140. The predicted octanol–water partition coefficient (Wildman–Crippen LogP) is -3.06. The molecule has 0 aliphatic carbocycles. The Balaban J connectivity index is 0.000000151. The highest BCUT2D eigenvalue weighted by Gasteiger charge is 2.15. The van der Waals surface area contributed by atoms with Crippen LogP contribution in [0, 0.1) is 0 Å². The number of amides is 3. The standard InChI is InChI=1S/C4H6N2O2.C4H8N2O/c7-3-4(8)6-2-1-5-3;7-4-3-5-1-2-6-4/h1-2H2,(H,5,7)(H,6,8);5H,1-3H2,(H,6,7). The van der Waals surface area contributed by atoms with E-state index in [1.165, 1.54) is 0 Å². The molecule has 0 radical (unpaired) electrons. The van der Waals surface area contributed by atoms with Crippen LogP contribution >= 0.6 is 0 Å². The summed E-state index contributed by atoms with van der Waals surface area (Å²) >= 11 is 0. The van der Waals surface area contributed by atoms with E-state index in [1.54, 1.807) is 0 Å². The highest BCUT2D eigenvalue weighted by molar-refractivity contribution is 6.35. The zero-order valence-corrected chi connectivity index (χ0v) is 8.26. The van der Waals surface area contributed by atoms with Gasteiger partial charge in [0.25, 0.3) is 0 Å². The van der Waals surface area contributed by atoms with E-state index in [0.29, 0.717) is 19.6 Å². The van der Waals surface area contributed by atoms with Crippen molar-refractivity contribution in [3.05, 3.63) is 0 Å². The molecule has 7 heteroatoms. The minimum atomic E-state index is -0.531. The number of carbonyl (C=O) groups excluding carboxylic acids is 3.